The van der Waals surface area contributed by atoms with E-state index in [2.05, 4.69) is 4.98 Å². The quantitative estimate of drug-likeness (QED) is 0.795. The summed E-state index contributed by atoms with van der Waals surface area (Å²) in [7, 11) is 0. The minimum absolute atomic E-state index is 0.477. The lowest BCUT2D eigenvalue weighted by Crippen LogP contribution is -2.07. The summed E-state index contributed by atoms with van der Waals surface area (Å²) in [5, 5.41) is 10.9. The molecule has 0 aliphatic heterocycles. The van der Waals surface area contributed by atoms with Crippen LogP contribution in [-0.2, 0) is 0 Å². The van der Waals surface area contributed by atoms with Crippen molar-refractivity contribution in [2.24, 2.45) is 5.73 Å². The summed E-state index contributed by atoms with van der Waals surface area (Å²) in [6, 6.07) is 9.69. The van der Waals surface area contributed by atoms with Gasteiger partial charge in [-0.25, -0.2) is 0 Å². The van der Waals surface area contributed by atoms with Gasteiger partial charge in [-0.05, 0) is 19.0 Å². The number of aromatic nitrogens is 1. The molecule has 0 saturated heterocycles. The van der Waals surface area contributed by atoms with Gasteiger partial charge in [0.15, 0.2) is 0 Å². The third-order valence-corrected chi connectivity index (χ3v) is 2.46. The highest BCUT2D eigenvalue weighted by Gasteiger charge is 2.10. The van der Waals surface area contributed by atoms with Crippen LogP contribution in [0.4, 0.5) is 0 Å². The maximum atomic E-state index is 9.90. The first-order valence-electron chi connectivity index (χ1n) is 5.04. The van der Waals surface area contributed by atoms with Crippen molar-refractivity contribution in [2.45, 2.75) is 12.5 Å². The molecular formula is C12H14N2O. The molecule has 1 unspecified atom stereocenters. The zero-order valence-corrected chi connectivity index (χ0v) is 8.43. The molecule has 1 aromatic carbocycles. The molecule has 0 aliphatic carbocycles. The van der Waals surface area contributed by atoms with E-state index in [1.165, 1.54) is 0 Å². The van der Waals surface area contributed by atoms with E-state index < -0.39 is 6.10 Å². The molecular weight excluding hydrogens is 188 g/mol. The number of hydrogen-bond acceptors (Lipinski definition) is 3. The molecule has 0 spiro atoms. The first-order valence-corrected chi connectivity index (χ1v) is 5.04. The molecule has 3 nitrogen and oxygen atoms in total. The van der Waals surface area contributed by atoms with Gasteiger partial charge < -0.3 is 10.8 Å². The molecule has 3 heteroatoms. The van der Waals surface area contributed by atoms with Gasteiger partial charge in [0, 0.05) is 17.1 Å². The number of fused-ring (bicyclic) bond motifs is 1. The molecule has 0 fully saturated rings. The van der Waals surface area contributed by atoms with Gasteiger partial charge in [-0.15, -0.1) is 0 Å². The van der Waals surface area contributed by atoms with Crippen LogP contribution in [0.15, 0.2) is 36.5 Å². The third-order valence-electron chi connectivity index (χ3n) is 2.46. The topological polar surface area (TPSA) is 59.1 Å². The molecule has 2 rings (SSSR count). The van der Waals surface area contributed by atoms with Gasteiger partial charge >= 0.3 is 0 Å². The Kier molecular flexibility index (Phi) is 2.94. The maximum absolute atomic E-state index is 9.90. The molecule has 0 saturated carbocycles. The largest absolute Gasteiger partial charge is 0.388 e. The minimum Gasteiger partial charge on any atom is -0.388 e. The van der Waals surface area contributed by atoms with Crippen molar-refractivity contribution in [3.05, 3.63) is 42.1 Å². The zero-order valence-electron chi connectivity index (χ0n) is 8.43. The number of nitrogens with two attached hydrogens (primary N) is 1. The number of benzene rings is 1. The Morgan fingerprint density at radius 2 is 2.07 bits per heavy atom. The smallest absolute Gasteiger partial charge is 0.0823 e. The van der Waals surface area contributed by atoms with Gasteiger partial charge in [0.1, 0.15) is 0 Å². The average molecular weight is 202 g/mol. The highest BCUT2D eigenvalue weighted by atomic mass is 16.3. The van der Waals surface area contributed by atoms with Crippen molar-refractivity contribution in [3.8, 4) is 0 Å². The van der Waals surface area contributed by atoms with Crippen LogP contribution >= 0.6 is 0 Å². The maximum Gasteiger partial charge on any atom is 0.0823 e. The van der Waals surface area contributed by atoms with Crippen LogP contribution in [0.3, 0.4) is 0 Å². The van der Waals surface area contributed by atoms with E-state index in [1.807, 2.05) is 30.3 Å². The van der Waals surface area contributed by atoms with Crippen molar-refractivity contribution in [1.82, 2.24) is 4.98 Å². The number of para-hydroxylation sites is 1. The van der Waals surface area contributed by atoms with Crippen LogP contribution in [0.2, 0.25) is 0 Å². The number of rotatable bonds is 3. The summed E-state index contributed by atoms with van der Waals surface area (Å²) in [4.78, 5) is 4.28. The Morgan fingerprint density at radius 1 is 1.27 bits per heavy atom. The number of nitrogens with zero attached hydrogens (tertiary/aromatic N) is 1. The van der Waals surface area contributed by atoms with E-state index in [0.29, 0.717) is 13.0 Å². The Morgan fingerprint density at radius 3 is 2.87 bits per heavy atom. The van der Waals surface area contributed by atoms with Crippen LogP contribution in [0.1, 0.15) is 18.1 Å². The van der Waals surface area contributed by atoms with E-state index in [0.717, 1.165) is 16.5 Å². The van der Waals surface area contributed by atoms with Gasteiger partial charge in [-0.2, -0.15) is 0 Å². The number of aliphatic hydroxyl groups excluding tert-OH is 1. The summed E-state index contributed by atoms with van der Waals surface area (Å²) in [6.07, 6.45) is 1.78. The molecule has 3 N–H and O–H groups in total. The fraction of sp³-hybridized carbons (Fsp3) is 0.250. The lowest BCUT2D eigenvalue weighted by atomic mass is 10.0. The predicted molar refractivity (Wildman–Crippen MR) is 60.4 cm³/mol. The fourth-order valence-corrected chi connectivity index (χ4v) is 1.71. The van der Waals surface area contributed by atoms with Gasteiger partial charge in [0.05, 0.1) is 11.6 Å². The van der Waals surface area contributed by atoms with Gasteiger partial charge in [-0.3, -0.25) is 4.98 Å². The average Bonchev–Trinajstić information content (AvgIpc) is 2.28. The second kappa shape index (κ2) is 4.38. The van der Waals surface area contributed by atoms with Crippen LogP contribution in [0, 0.1) is 0 Å². The van der Waals surface area contributed by atoms with Crippen molar-refractivity contribution in [2.75, 3.05) is 6.54 Å². The van der Waals surface area contributed by atoms with E-state index >= 15 is 0 Å². The number of aliphatic hydroxyl groups is 1. The fourth-order valence-electron chi connectivity index (χ4n) is 1.71. The Labute approximate surface area is 88.6 Å². The zero-order chi connectivity index (χ0) is 10.7. The van der Waals surface area contributed by atoms with Crippen molar-refractivity contribution >= 4 is 10.9 Å². The first-order chi connectivity index (χ1) is 7.33. The van der Waals surface area contributed by atoms with Crippen molar-refractivity contribution in [1.29, 1.82) is 0 Å². The van der Waals surface area contributed by atoms with E-state index in [1.54, 1.807) is 6.20 Å². The van der Waals surface area contributed by atoms with Crippen LogP contribution in [0.5, 0.6) is 0 Å². The molecule has 0 aliphatic rings. The molecule has 1 heterocycles. The summed E-state index contributed by atoms with van der Waals surface area (Å²) in [5.74, 6) is 0. The SMILES string of the molecule is NCCC(O)c1cccc2cccnc12. The van der Waals surface area contributed by atoms with E-state index in [-0.39, 0.29) is 0 Å². The lowest BCUT2D eigenvalue weighted by molar-refractivity contribution is 0.171. The van der Waals surface area contributed by atoms with Crippen LogP contribution in [0.25, 0.3) is 10.9 Å². The molecule has 78 valence electrons. The van der Waals surface area contributed by atoms with E-state index in [4.69, 9.17) is 5.73 Å². The Bertz CT molecular complexity index is 451. The minimum atomic E-state index is -0.520. The molecule has 2 aromatic rings. The second-order valence-corrected chi connectivity index (χ2v) is 3.52. The Hall–Kier alpha value is -1.45. The summed E-state index contributed by atoms with van der Waals surface area (Å²) in [6.45, 7) is 0.477. The Balaban J connectivity index is 2.50. The standard InChI is InChI=1S/C12H14N2O/c13-7-6-11(15)10-5-1-3-9-4-2-8-14-12(9)10/h1-5,8,11,15H,6-7,13H2. The van der Waals surface area contributed by atoms with Gasteiger partial charge in [0.25, 0.3) is 0 Å². The molecule has 1 aromatic heterocycles. The number of pyridine rings is 1. The molecule has 0 bridgehead atoms. The summed E-state index contributed by atoms with van der Waals surface area (Å²) < 4.78 is 0. The molecule has 0 amide bonds. The molecule has 1 atom stereocenters. The highest BCUT2D eigenvalue weighted by molar-refractivity contribution is 5.81. The lowest BCUT2D eigenvalue weighted by Gasteiger charge is -2.11. The van der Waals surface area contributed by atoms with Crippen molar-refractivity contribution in [3.63, 3.8) is 0 Å². The third kappa shape index (κ3) is 1.98. The highest BCUT2D eigenvalue weighted by Crippen LogP contribution is 2.23. The van der Waals surface area contributed by atoms with Crippen LogP contribution in [-0.4, -0.2) is 16.6 Å². The summed E-state index contributed by atoms with van der Waals surface area (Å²) in [5.41, 5.74) is 7.15. The number of hydrogen-bond donors (Lipinski definition) is 2. The van der Waals surface area contributed by atoms with E-state index in [9.17, 15) is 5.11 Å². The normalized spacial score (nSPS) is 12.9. The van der Waals surface area contributed by atoms with Crippen LogP contribution < -0.4 is 5.73 Å². The monoisotopic (exact) mass is 202 g/mol. The first kappa shape index (κ1) is 10.1. The second-order valence-electron chi connectivity index (χ2n) is 3.52. The van der Waals surface area contributed by atoms with Gasteiger partial charge in [0.2, 0.25) is 0 Å². The van der Waals surface area contributed by atoms with Crippen molar-refractivity contribution < 1.29 is 5.11 Å². The predicted octanol–water partition coefficient (Wildman–Crippen LogP) is 1.62. The molecule has 0 radical (unpaired) electrons. The molecule has 15 heavy (non-hydrogen) atoms. The van der Waals surface area contributed by atoms with Gasteiger partial charge in [-0.1, -0.05) is 24.3 Å². The summed E-state index contributed by atoms with van der Waals surface area (Å²) >= 11 is 0.